The maximum atomic E-state index is 11.9. The molecular formula is C14H23BrClN3O. The first-order valence-corrected chi connectivity index (χ1v) is 7.00. The van der Waals surface area contributed by atoms with Crippen LogP contribution in [0, 0.1) is 6.92 Å². The second-order valence-electron chi connectivity index (χ2n) is 5.67. The zero-order chi connectivity index (χ0) is 14.6. The standard InChI is InChI=1S/C14H22BrN3O.ClH/c1-10-7-11(15)5-6-12(10)17-13(19)8-18(4)9-14(2,3)16;/h5-7H,8-9,16H2,1-4H3,(H,17,19);1H. The zero-order valence-electron chi connectivity index (χ0n) is 12.4. The van der Waals surface area contributed by atoms with Gasteiger partial charge in [-0.15, -0.1) is 12.4 Å². The predicted molar refractivity (Wildman–Crippen MR) is 90.5 cm³/mol. The van der Waals surface area contributed by atoms with E-state index in [0.717, 1.165) is 15.7 Å². The number of aryl methyl sites for hydroxylation is 1. The second-order valence-corrected chi connectivity index (χ2v) is 6.58. The van der Waals surface area contributed by atoms with Gasteiger partial charge in [-0.2, -0.15) is 0 Å². The molecule has 0 fully saturated rings. The highest BCUT2D eigenvalue weighted by Crippen LogP contribution is 2.19. The Morgan fingerprint density at radius 3 is 2.55 bits per heavy atom. The molecule has 0 aliphatic rings. The number of nitrogens with one attached hydrogen (secondary N) is 1. The van der Waals surface area contributed by atoms with Crippen molar-refractivity contribution in [2.24, 2.45) is 5.73 Å². The number of amides is 1. The Hall–Kier alpha value is -0.620. The van der Waals surface area contributed by atoms with Gasteiger partial charge in [0.15, 0.2) is 0 Å². The lowest BCUT2D eigenvalue weighted by atomic mass is 10.1. The smallest absolute Gasteiger partial charge is 0.238 e. The molecule has 20 heavy (non-hydrogen) atoms. The average molecular weight is 365 g/mol. The van der Waals surface area contributed by atoms with Crippen LogP contribution in [0.5, 0.6) is 0 Å². The van der Waals surface area contributed by atoms with Gasteiger partial charge in [-0.05, 0) is 51.6 Å². The highest BCUT2D eigenvalue weighted by Gasteiger charge is 2.16. The number of anilines is 1. The Labute approximate surface area is 135 Å². The Kier molecular flexibility index (Phi) is 7.73. The number of benzene rings is 1. The first kappa shape index (κ1) is 19.4. The Morgan fingerprint density at radius 1 is 1.45 bits per heavy atom. The number of carbonyl (C=O) groups excluding carboxylic acids is 1. The molecule has 0 heterocycles. The predicted octanol–water partition coefficient (Wildman–Crippen LogP) is 2.79. The van der Waals surface area contributed by atoms with Crippen molar-refractivity contribution in [3.8, 4) is 0 Å². The summed E-state index contributed by atoms with van der Waals surface area (Å²) in [5.74, 6) is -0.0304. The number of rotatable bonds is 5. The molecule has 0 saturated carbocycles. The van der Waals surface area contributed by atoms with Crippen LogP contribution in [0.25, 0.3) is 0 Å². The molecule has 0 unspecified atom stereocenters. The maximum Gasteiger partial charge on any atom is 0.238 e. The highest BCUT2D eigenvalue weighted by molar-refractivity contribution is 9.10. The summed E-state index contributed by atoms with van der Waals surface area (Å²) in [4.78, 5) is 13.9. The van der Waals surface area contributed by atoms with Crippen LogP contribution in [0.2, 0.25) is 0 Å². The lowest BCUT2D eigenvalue weighted by Crippen LogP contribution is -2.45. The first-order chi connectivity index (χ1) is 8.67. The van der Waals surface area contributed by atoms with Crippen molar-refractivity contribution in [3.05, 3.63) is 28.2 Å². The lowest BCUT2D eigenvalue weighted by Gasteiger charge is -2.26. The quantitative estimate of drug-likeness (QED) is 0.844. The number of nitrogens with two attached hydrogens (primary N) is 1. The molecule has 1 rings (SSSR count). The van der Waals surface area contributed by atoms with Gasteiger partial charge in [-0.3, -0.25) is 9.69 Å². The first-order valence-electron chi connectivity index (χ1n) is 6.21. The van der Waals surface area contributed by atoms with E-state index in [1.54, 1.807) is 0 Å². The number of carbonyl (C=O) groups is 1. The van der Waals surface area contributed by atoms with E-state index in [1.807, 2.05) is 50.9 Å². The van der Waals surface area contributed by atoms with Gasteiger partial charge in [0.05, 0.1) is 6.54 Å². The monoisotopic (exact) mass is 363 g/mol. The van der Waals surface area contributed by atoms with Crippen molar-refractivity contribution in [1.29, 1.82) is 0 Å². The summed E-state index contributed by atoms with van der Waals surface area (Å²) >= 11 is 3.40. The van der Waals surface area contributed by atoms with Crippen LogP contribution < -0.4 is 11.1 Å². The SMILES string of the molecule is Cc1cc(Br)ccc1NC(=O)CN(C)CC(C)(C)N.Cl. The molecule has 1 amide bonds. The van der Waals surface area contributed by atoms with Gasteiger partial charge in [0, 0.05) is 22.2 Å². The summed E-state index contributed by atoms with van der Waals surface area (Å²) < 4.78 is 1.00. The second kappa shape index (κ2) is 7.98. The molecule has 0 aliphatic heterocycles. The molecule has 0 atom stereocenters. The van der Waals surface area contributed by atoms with Gasteiger partial charge in [0.1, 0.15) is 0 Å². The van der Waals surface area contributed by atoms with Crippen molar-refractivity contribution < 1.29 is 4.79 Å². The molecule has 3 N–H and O–H groups in total. The largest absolute Gasteiger partial charge is 0.325 e. The zero-order valence-corrected chi connectivity index (χ0v) is 14.8. The van der Waals surface area contributed by atoms with Crippen molar-refractivity contribution >= 4 is 39.9 Å². The number of nitrogens with zero attached hydrogens (tertiary/aromatic N) is 1. The molecule has 4 nitrogen and oxygen atoms in total. The molecule has 0 saturated heterocycles. The maximum absolute atomic E-state index is 11.9. The normalized spacial score (nSPS) is 11.2. The summed E-state index contributed by atoms with van der Waals surface area (Å²) in [5, 5.41) is 2.91. The number of likely N-dealkylation sites (N-methyl/N-ethyl adjacent to an activating group) is 1. The number of hydrogen-bond acceptors (Lipinski definition) is 3. The van der Waals surface area contributed by atoms with E-state index in [2.05, 4.69) is 21.2 Å². The minimum absolute atomic E-state index is 0. The topological polar surface area (TPSA) is 58.4 Å². The summed E-state index contributed by atoms with van der Waals surface area (Å²) in [6.07, 6.45) is 0. The molecule has 6 heteroatoms. The molecule has 0 radical (unpaired) electrons. The van der Waals surface area contributed by atoms with Gasteiger partial charge < -0.3 is 11.1 Å². The van der Waals surface area contributed by atoms with E-state index >= 15 is 0 Å². The summed E-state index contributed by atoms with van der Waals surface area (Å²) in [6, 6.07) is 5.78. The molecule has 114 valence electrons. The summed E-state index contributed by atoms with van der Waals surface area (Å²) in [6.45, 7) is 6.85. The Morgan fingerprint density at radius 2 is 2.05 bits per heavy atom. The minimum Gasteiger partial charge on any atom is -0.325 e. The molecule has 0 aliphatic carbocycles. The summed E-state index contributed by atoms with van der Waals surface area (Å²) in [7, 11) is 1.89. The van der Waals surface area contributed by atoms with Crippen LogP contribution in [-0.4, -0.2) is 36.5 Å². The van der Waals surface area contributed by atoms with Crippen LogP contribution in [-0.2, 0) is 4.79 Å². The summed E-state index contributed by atoms with van der Waals surface area (Å²) in [5.41, 5.74) is 7.50. The fourth-order valence-corrected chi connectivity index (χ4v) is 2.43. The van der Waals surface area contributed by atoms with Crippen molar-refractivity contribution in [2.45, 2.75) is 26.3 Å². The third kappa shape index (κ3) is 7.24. The Balaban J connectivity index is 0.00000361. The fraction of sp³-hybridized carbons (Fsp3) is 0.500. The van der Waals surface area contributed by atoms with E-state index in [0.29, 0.717) is 13.1 Å². The third-order valence-electron chi connectivity index (χ3n) is 2.55. The minimum atomic E-state index is -0.303. The van der Waals surface area contributed by atoms with Gasteiger partial charge in [-0.1, -0.05) is 15.9 Å². The van der Waals surface area contributed by atoms with E-state index in [4.69, 9.17) is 5.73 Å². The van der Waals surface area contributed by atoms with E-state index in [-0.39, 0.29) is 23.9 Å². The molecule has 0 bridgehead atoms. The van der Waals surface area contributed by atoms with Crippen molar-refractivity contribution in [1.82, 2.24) is 4.90 Å². The van der Waals surface area contributed by atoms with Crippen LogP contribution in [0.4, 0.5) is 5.69 Å². The molecule has 0 aromatic heterocycles. The van der Waals surface area contributed by atoms with Crippen LogP contribution >= 0.6 is 28.3 Å². The number of hydrogen-bond donors (Lipinski definition) is 2. The number of halogens is 2. The average Bonchev–Trinajstić information content (AvgIpc) is 2.19. The van der Waals surface area contributed by atoms with Gasteiger partial charge in [0.2, 0.25) is 5.91 Å². The molecule has 1 aromatic rings. The lowest BCUT2D eigenvalue weighted by molar-refractivity contribution is -0.117. The van der Waals surface area contributed by atoms with E-state index in [1.165, 1.54) is 0 Å². The van der Waals surface area contributed by atoms with Crippen LogP contribution in [0.15, 0.2) is 22.7 Å². The van der Waals surface area contributed by atoms with Crippen molar-refractivity contribution in [3.63, 3.8) is 0 Å². The third-order valence-corrected chi connectivity index (χ3v) is 3.05. The van der Waals surface area contributed by atoms with E-state index < -0.39 is 0 Å². The fourth-order valence-electron chi connectivity index (χ4n) is 1.95. The van der Waals surface area contributed by atoms with Gasteiger partial charge in [0.25, 0.3) is 0 Å². The molecule has 1 aromatic carbocycles. The van der Waals surface area contributed by atoms with E-state index in [9.17, 15) is 4.79 Å². The van der Waals surface area contributed by atoms with Crippen LogP contribution in [0.3, 0.4) is 0 Å². The van der Waals surface area contributed by atoms with Crippen LogP contribution in [0.1, 0.15) is 19.4 Å². The van der Waals surface area contributed by atoms with Crippen molar-refractivity contribution in [2.75, 3.05) is 25.5 Å². The molecule has 0 spiro atoms. The molecular weight excluding hydrogens is 342 g/mol. The van der Waals surface area contributed by atoms with Gasteiger partial charge in [-0.25, -0.2) is 0 Å². The van der Waals surface area contributed by atoms with Gasteiger partial charge >= 0.3 is 0 Å². The Bertz CT molecular complexity index is 460. The highest BCUT2D eigenvalue weighted by atomic mass is 79.9.